The van der Waals surface area contributed by atoms with Crippen LogP contribution in [-0.4, -0.2) is 89.7 Å². The first-order valence-corrected chi connectivity index (χ1v) is 12.7. The number of halogens is 1. The van der Waals surface area contributed by atoms with Gasteiger partial charge in [-0.1, -0.05) is 36.4 Å². The van der Waals surface area contributed by atoms with Crippen LogP contribution in [0.5, 0.6) is 0 Å². The minimum absolute atomic E-state index is 0.0991. The number of rotatable bonds is 8. The number of benzene rings is 1. The third-order valence-corrected chi connectivity index (χ3v) is 6.31. The molecule has 0 bridgehead atoms. The topological polar surface area (TPSA) is 126 Å². The maximum absolute atomic E-state index is 13.5. The molecule has 0 radical (unpaired) electrons. The number of carbonyl (C=O) groups is 3. The number of amides is 3. The Morgan fingerprint density at radius 2 is 1.95 bits per heavy atom. The van der Waals surface area contributed by atoms with Crippen molar-refractivity contribution in [1.82, 2.24) is 15.5 Å². The molecule has 2 aliphatic heterocycles. The van der Waals surface area contributed by atoms with Crippen molar-refractivity contribution in [3.63, 3.8) is 0 Å². The van der Waals surface area contributed by atoms with Gasteiger partial charge in [-0.3, -0.25) is 9.59 Å². The number of hydrogen-bond donors (Lipinski definition) is 3. The molecule has 0 saturated carbocycles. The Balaban J connectivity index is 1.77. The van der Waals surface area contributed by atoms with E-state index < -0.39 is 53.5 Å². The van der Waals surface area contributed by atoms with E-state index in [1.807, 2.05) is 51.1 Å². The van der Waals surface area contributed by atoms with E-state index in [1.165, 1.54) is 12.0 Å². The van der Waals surface area contributed by atoms with Crippen molar-refractivity contribution in [3.8, 4) is 0 Å². The lowest BCUT2D eigenvalue weighted by Crippen LogP contribution is -2.57. The molecule has 2 aliphatic rings. The van der Waals surface area contributed by atoms with Gasteiger partial charge in [0, 0.05) is 19.2 Å². The fraction of sp³-hybridized carbons (Fsp3) is 0.577. The fourth-order valence-corrected chi connectivity index (χ4v) is 4.63. The monoisotopic (exact) mass is 537 g/mol. The van der Waals surface area contributed by atoms with Gasteiger partial charge in [-0.2, -0.15) is 0 Å². The number of aliphatic hydroxyl groups excluding tert-OH is 1. The summed E-state index contributed by atoms with van der Waals surface area (Å²) < 4.78 is 16.0. The molecule has 11 heteroatoms. The van der Waals surface area contributed by atoms with Crippen LogP contribution in [0.25, 0.3) is 0 Å². The van der Waals surface area contributed by atoms with E-state index in [0.29, 0.717) is 6.61 Å². The number of aliphatic hydroxyl groups is 1. The predicted octanol–water partition coefficient (Wildman–Crippen LogP) is 1.74. The molecule has 0 aliphatic carbocycles. The predicted molar refractivity (Wildman–Crippen MR) is 137 cm³/mol. The first-order chi connectivity index (χ1) is 17.5. The smallest absolute Gasteiger partial charge is 0.408 e. The molecule has 1 fully saturated rings. The van der Waals surface area contributed by atoms with E-state index in [-0.39, 0.29) is 25.3 Å². The summed E-state index contributed by atoms with van der Waals surface area (Å²) in [5.41, 5.74) is 0.279. The molecule has 10 nitrogen and oxygen atoms in total. The minimum atomic E-state index is -1.66. The quantitative estimate of drug-likeness (QED) is 0.340. The zero-order valence-electron chi connectivity index (χ0n) is 21.6. The van der Waals surface area contributed by atoms with Crippen LogP contribution in [0, 0.1) is 0 Å². The summed E-state index contributed by atoms with van der Waals surface area (Å²) in [6, 6.07) is 7.23. The van der Waals surface area contributed by atoms with E-state index in [2.05, 4.69) is 10.6 Å². The SMILES string of the molecule is CO[C@H]1OCC=C[C@H]1OC(=O)N[C@@H](Cc1ccccc1)[C@H](O)C(=O)N1C[C@@H](Cl)C[C@H]1C(=O)NC(C)(C)C. The number of alkyl halides is 1. The lowest BCUT2D eigenvalue weighted by molar-refractivity contribution is -0.167. The Labute approximate surface area is 222 Å². The highest BCUT2D eigenvalue weighted by molar-refractivity contribution is 6.21. The van der Waals surface area contributed by atoms with E-state index >= 15 is 0 Å². The van der Waals surface area contributed by atoms with Gasteiger partial charge in [0.2, 0.25) is 5.91 Å². The minimum Gasteiger partial charge on any atom is -0.437 e. The Morgan fingerprint density at radius 3 is 2.59 bits per heavy atom. The molecule has 0 unspecified atom stereocenters. The molecule has 1 saturated heterocycles. The first kappa shape index (κ1) is 28.9. The first-order valence-electron chi connectivity index (χ1n) is 12.2. The van der Waals surface area contributed by atoms with Gasteiger partial charge < -0.3 is 34.9 Å². The van der Waals surface area contributed by atoms with Gasteiger partial charge in [-0.05, 0) is 45.3 Å². The van der Waals surface area contributed by atoms with Crippen LogP contribution >= 0.6 is 11.6 Å². The Hall–Kier alpha value is -2.66. The zero-order chi connectivity index (χ0) is 27.2. The number of likely N-dealkylation sites (tertiary alicyclic amines) is 1. The molecule has 0 spiro atoms. The summed E-state index contributed by atoms with van der Waals surface area (Å²) in [5.74, 6) is -1.05. The van der Waals surface area contributed by atoms with Crippen LogP contribution in [0.4, 0.5) is 4.79 Å². The maximum Gasteiger partial charge on any atom is 0.408 e. The van der Waals surface area contributed by atoms with E-state index in [0.717, 1.165) is 5.56 Å². The van der Waals surface area contributed by atoms with Crippen molar-refractivity contribution in [2.24, 2.45) is 0 Å². The van der Waals surface area contributed by atoms with Gasteiger partial charge >= 0.3 is 6.09 Å². The third-order valence-electron chi connectivity index (χ3n) is 6.00. The highest BCUT2D eigenvalue weighted by atomic mass is 35.5. The highest BCUT2D eigenvalue weighted by Gasteiger charge is 2.43. The normalized spacial score (nSPS) is 25.3. The molecule has 2 heterocycles. The van der Waals surface area contributed by atoms with Gasteiger partial charge in [-0.15, -0.1) is 11.6 Å². The molecule has 1 aromatic carbocycles. The second kappa shape index (κ2) is 12.7. The van der Waals surface area contributed by atoms with Crippen molar-refractivity contribution in [3.05, 3.63) is 48.0 Å². The average molecular weight is 538 g/mol. The number of methoxy groups -OCH3 is 1. The molecule has 3 amide bonds. The highest BCUT2D eigenvalue weighted by Crippen LogP contribution is 2.25. The van der Waals surface area contributed by atoms with Gasteiger partial charge in [0.1, 0.15) is 6.04 Å². The molecule has 3 N–H and O–H groups in total. The number of nitrogens with one attached hydrogen (secondary N) is 2. The summed E-state index contributed by atoms with van der Waals surface area (Å²) >= 11 is 6.32. The molecular weight excluding hydrogens is 502 g/mol. The van der Waals surface area contributed by atoms with Crippen LogP contribution in [0.3, 0.4) is 0 Å². The number of hydrogen-bond acceptors (Lipinski definition) is 7. The van der Waals surface area contributed by atoms with Crippen LogP contribution in [-0.2, 0) is 30.2 Å². The second-order valence-corrected chi connectivity index (χ2v) is 10.8. The Bertz CT molecular complexity index is 969. The van der Waals surface area contributed by atoms with Crippen molar-refractivity contribution in [2.45, 2.75) is 75.1 Å². The van der Waals surface area contributed by atoms with Crippen molar-refractivity contribution < 1.29 is 33.7 Å². The molecule has 37 heavy (non-hydrogen) atoms. The molecule has 3 rings (SSSR count). The largest absolute Gasteiger partial charge is 0.437 e. The molecule has 1 aromatic rings. The van der Waals surface area contributed by atoms with Crippen LogP contribution in [0.1, 0.15) is 32.8 Å². The van der Waals surface area contributed by atoms with Gasteiger partial charge in [0.25, 0.3) is 5.91 Å². The second-order valence-electron chi connectivity index (χ2n) is 10.2. The standard InChI is InChI=1S/C26H36ClN3O7/c1-26(2,3)29-22(32)19-14-17(27)15-30(19)23(33)21(31)18(13-16-9-6-5-7-10-16)28-25(34)37-20-11-8-12-36-24(20)35-4/h5-11,17-21,24,31H,12-15H2,1-4H3,(H,28,34)(H,29,32)/t17-,18-,19-,20+,21-,24-/m0/s1. The van der Waals surface area contributed by atoms with E-state index in [9.17, 15) is 19.5 Å². The molecule has 0 aromatic heterocycles. The fourth-order valence-electron chi connectivity index (χ4n) is 4.31. The van der Waals surface area contributed by atoms with Crippen LogP contribution < -0.4 is 10.6 Å². The van der Waals surface area contributed by atoms with E-state index in [4.69, 9.17) is 25.8 Å². The van der Waals surface area contributed by atoms with Crippen LogP contribution in [0.15, 0.2) is 42.5 Å². The molecular formula is C26H36ClN3O7. The van der Waals surface area contributed by atoms with Gasteiger partial charge in [0.05, 0.1) is 18.0 Å². The summed E-state index contributed by atoms with van der Waals surface area (Å²) in [5, 5.41) is 16.2. The van der Waals surface area contributed by atoms with Gasteiger partial charge in [-0.25, -0.2) is 4.79 Å². The average Bonchev–Trinajstić information content (AvgIpc) is 3.24. The van der Waals surface area contributed by atoms with Gasteiger partial charge in [0.15, 0.2) is 18.5 Å². The number of alkyl carbamates (subject to hydrolysis) is 1. The zero-order valence-corrected chi connectivity index (χ0v) is 22.3. The number of nitrogens with zero attached hydrogens (tertiary/aromatic N) is 1. The van der Waals surface area contributed by atoms with Crippen molar-refractivity contribution in [2.75, 3.05) is 20.3 Å². The van der Waals surface area contributed by atoms with Crippen molar-refractivity contribution >= 4 is 29.5 Å². The van der Waals surface area contributed by atoms with E-state index in [1.54, 1.807) is 12.2 Å². The Kier molecular flexibility index (Phi) is 9.94. The summed E-state index contributed by atoms with van der Waals surface area (Å²) in [6.45, 7) is 5.94. The number of ether oxygens (including phenoxy) is 3. The summed E-state index contributed by atoms with van der Waals surface area (Å²) in [7, 11) is 1.44. The lowest BCUT2D eigenvalue weighted by Gasteiger charge is -2.32. The third kappa shape index (κ3) is 8.16. The molecule has 204 valence electrons. The Morgan fingerprint density at radius 1 is 1.24 bits per heavy atom. The van der Waals surface area contributed by atoms with Crippen molar-refractivity contribution in [1.29, 1.82) is 0 Å². The summed E-state index contributed by atoms with van der Waals surface area (Å²) in [4.78, 5) is 40.5. The molecule has 6 atom stereocenters. The lowest BCUT2D eigenvalue weighted by atomic mass is 10.00. The number of carbonyl (C=O) groups excluding carboxylic acids is 3. The maximum atomic E-state index is 13.5. The summed E-state index contributed by atoms with van der Waals surface area (Å²) in [6.07, 6.45) is -0.338. The van der Waals surface area contributed by atoms with Crippen LogP contribution in [0.2, 0.25) is 0 Å².